The average molecular weight is 499 g/mol. The Kier molecular flexibility index (Phi) is 7.50. The van der Waals surface area contributed by atoms with Crippen LogP contribution in [0.4, 0.5) is 5.69 Å². The first-order chi connectivity index (χ1) is 17.7. The summed E-state index contributed by atoms with van der Waals surface area (Å²) in [5.41, 5.74) is 2.09. The molecule has 1 fully saturated rings. The Balaban J connectivity index is 1.28. The Hall–Kier alpha value is -3.80. The molecule has 7 nitrogen and oxygen atoms in total. The summed E-state index contributed by atoms with van der Waals surface area (Å²) in [5, 5.41) is 6.82. The predicted octanol–water partition coefficient (Wildman–Crippen LogP) is 5.77. The summed E-state index contributed by atoms with van der Waals surface area (Å²) in [6.45, 7) is 10.3. The molecule has 4 aromatic rings. The Bertz CT molecular complexity index is 1370. The third kappa shape index (κ3) is 5.88. The standard InChI is InChI=1S/C28H26N4O3S/c1-29-25-16-23-24(17-27(25)34-18-20-6-9-30-10-7-20)31-11-8-26(23)35-22-4-2-19(3-5-22)14-21(33)15-28-32-12-13-36-28/h2-5,8,11-13,16-17,20,30H,6-7,9-10,14-15,18H2. The van der Waals surface area contributed by atoms with E-state index in [1.165, 1.54) is 11.3 Å². The molecule has 0 radical (unpaired) electrons. The zero-order valence-corrected chi connectivity index (χ0v) is 20.6. The minimum Gasteiger partial charge on any atom is -0.504 e. The van der Waals surface area contributed by atoms with Crippen LogP contribution >= 0.6 is 11.3 Å². The van der Waals surface area contributed by atoms with Gasteiger partial charge in [0.15, 0.2) is 0 Å². The highest BCUT2D eigenvalue weighted by Crippen LogP contribution is 2.37. The molecule has 36 heavy (non-hydrogen) atoms. The number of fused-ring (bicyclic) bond motifs is 1. The van der Waals surface area contributed by atoms with Crippen LogP contribution in [0.2, 0.25) is 0 Å². The fraction of sp³-hybridized carbons (Fsp3) is 0.286. The molecule has 0 bridgehead atoms. The molecule has 1 saturated heterocycles. The molecule has 0 spiro atoms. The van der Waals surface area contributed by atoms with E-state index in [1.54, 1.807) is 24.5 Å². The zero-order chi connectivity index (χ0) is 24.7. The first-order valence-electron chi connectivity index (χ1n) is 12.0. The number of ketones is 1. The van der Waals surface area contributed by atoms with Crippen molar-refractivity contribution in [3.05, 3.63) is 82.2 Å². The van der Waals surface area contributed by atoms with Gasteiger partial charge in [-0.3, -0.25) is 9.78 Å². The van der Waals surface area contributed by atoms with E-state index in [-0.39, 0.29) is 5.78 Å². The van der Waals surface area contributed by atoms with Crippen molar-refractivity contribution < 1.29 is 14.3 Å². The highest BCUT2D eigenvalue weighted by Gasteiger charge is 2.16. The smallest absolute Gasteiger partial charge is 0.229 e. The minimum absolute atomic E-state index is 0.128. The number of nitrogens with zero attached hydrogens (tertiary/aromatic N) is 3. The minimum atomic E-state index is 0.128. The predicted molar refractivity (Wildman–Crippen MR) is 140 cm³/mol. The van der Waals surface area contributed by atoms with E-state index in [0.29, 0.717) is 53.8 Å². The fourth-order valence-corrected chi connectivity index (χ4v) is 4.93. The van der Waals surface area contributed by atoms with Crippen molar-refractivity contribution in [2.24, 2.45) is 5.92 Å². The molecule has 0 saturated carbocycles. The Labute approximate surface area is 213 Å². The number of ether oxygens (including phenoxy) is 2. The molecule has 0 unspecified atom stereocenters. The quantitative estimate of drug-likeness (QED) is 0.295. The number of carbonyl (C=O) groups is 1. The largest absolute Gasteiger partial charge is 0.504 e. The van der Waals surface area contributed by atoms with Crippen LogP contribution in [-0.4, -0.2) is 35.4 Å². The van der Waals surface area contributed by atoms with Gasteiger partial charge in [-0.15, -0.1) is 11.3 Å². The van der Waals surface area contributed by atoms with Gasteiger partial charge in [-0.25, -0.2) is 9.83 Å². The molecule has 2 aromatic carbocycles. The molecule has 5 rings (SSSR count). The number of thiazole rings is 1. The number of piperidine rings is 1. The van der Waals surface area contributed by atoms with Gasteiger partial charge in [0.2, 0.25) is 5.69 Å². The second kappa shape index (κ2) is 11.3. The van der Waals surface area contributed by atoms with Crippen LogP contribution in [0.25, 0.3) is 15.7 Å². The zero-order valence-electron chi connectivity index (χ0n) is 19.8. The maximum Gasteiger partial charge on any atom is 0.229 e. The fourth-order valence-electron chi connectivity index (χ4n) is 4.29. The van der Waals surface area contributed by atoms with Gasteiger partial charge in [-0.2, -0.15) is 0 Å². The average Bonchev–Trinajstić information content (AvgIpc) is 3.41. The van der Waals surface area contributed by atoms with E-state index in [2.05, 4.69) is 20.1 Å². The van der Waals surface area contributed by atoms with Gasteiger partial charge < -0.3 is 14.8 Å². The molecule has 1 aliphatic rings. The molecule has 182 valence electrons. The van der Waals surface area contributed by atoms with Crippen LogP contribution < -0.4 is 14.8 Å². The van der Waals surface area contributed by atoms with Gasteiger partial charge >= 0.3 is 0 Å². The number of pyridine rings is 1. The third-order valence-electron chi connectivity index (χ3n) is 6.22. The lowest BCUT2D eigenvalue weighted by Gasteiger charge is -2.23. The lowest BCUT2D eigenvalue weighted by Crippen LogP contribution is -2.30. The summed E-state index contributed by atoms with van der Waals surface area (Å²) in [7, 11) is 0. The number of hydrogen-bond donors (Lipinski definition) is 1. The van der Waals surface area contributed by atoms with Gasteiger partial charge in [0.1, 0.15) is 23.0 Å². The topological polar surface area (TPSA) is 77.7 Å². The molecule has 1 aliphatic heterocycles. The Morgan fingerprint density at radius 1 is 1.06 bits per heavy atom. The highest BCUT2D eigenvalue weighted by atomic mass is 32.1. The molecule has 2 aromatic heterocycles. The number of nitrogens with one attached hydrogen (secondary N) is 1. The van der Waals surface area contributed by atoms with Crippen molar-refractivity contribution in [2.75, 3.05) is 19.7 Å². The number of aromatic nitrogens is 2. The summed E-state index contributed by atoms with van der Waals surface area (Å²) < 4.78 is 12.2. The van der Waals surface area contributed by atoms with E-state index >= 15 is 0 Å². The lowest BCUT2D eigenvalue weighted by atomic mass is 9.99. The van der Waals surface area contributed by atoms with Crippen LogP contribution in [0.15, 0.2) is 60.2 Å². The lowest BCUT2D eigenvalue weighted by molar-refractivity contribution is -0.117. The number of carbonyl (C=O) groups excluding carboxylic acids is 1. The Morgan fingerprint density at radius 2 is 1.89 bits per heavy atom. The van der Waals surface area contributed by atoms with Gasteiger partial charge in [0.05, 0.1) is 30.1 Å². The SMILES string of the molecule is [C-]#[N+]c1cc2c(Oc3ccc(CC(=O)Cc4nccs4)cc3)ccnc2cc1OCC1CCNCC1. The molecular formula is C28H26N4O3S. The summed E-state index contributed by atoms with van der Waals surface area (Å²) in [6.07, 6.45) is 6.27. The molecular weight excluding hydrogens is 472 g/mol. The number of hydrogen-bond acceptors (Lipinski definition) is 7. The van der Waals surface area contributed by atoms with Crippen LogP contribution in [0.3, 0.4) is 0 Å². The van der Waals surface area contributed by atoms with Crippen LogP contribution in [-0.2, 0) is 17.6 Å². The van der Waals surface area contributed by atoms with Crippen LogP contribution in [0.1, 0.15) is 23.4 Å². The third-order valence-corrected chi connectivity index (χ3v) is 7.00. The number of Topliss-reactive ketones (excluding diaryl/α,β-unsaturated/α-hetero) is 1. The summed E-state index contributed by atoms with van der Waals surface area (Å²) in [5.74, 6) is 2.45. The first-order valence-corrected chi connectivity index (χ1v) is 12.9. The molecule has 8 heteroatoms. The van der Waals surface area contributed by atoms with E-state index in [1.807, 2.05) is 35.7 Å². The van der Waals surface area contributed by atoms with Gasteiger partial charge in [-0.05, 0) is 67.7 Å². The normalized spacial score (nSPS) is 13.9. The first kappa shape index (κ1) is 23.9. The van der Waals surface area contributed by atoms with Crippen molar-refractivity contribution in [3.63, 3.8) is 0 Å². The molecule has 3 heterocycles. The number of rotatable bonds is 9. The van der Waals surface area contributed by atoms with Gasteiger partial charge in [0, 0.05) is 29.6 Å². The van der Waals surface area contributed by atoms with Crippen molar-refractivity contribution in [1.82, 2.24) is 15.3 Å². The summed E-state index contributed by atoms with van der Waals surface area (Å²) >= 11 is 1.49. The van der Waals surface area contributed by atoms with E-state index in [9.17, 15) is 4.79 Å². The van der Waals surface area contributed by atoms with Gasteiger partial charge in [0.25, 0.3) is 0 Å². The summed E-state index contributed by atoms with van der Waals surface area (Å²) in [6, 6.07) is 12.9. The highest BCUT2D eigenvalue weighted by molar-refractivity contribution is 7.09. The Morgan fingerprint density at radius 3 is 2.64 bits per heavy atom. The number of benzene rings is 2. The van der Waals surface area contributed by atoms with Crippen LogP contribution in [0, 0.1) is 12.5 Å². The monoisotopic (exact) mass is 498 g/mol. The van der Waals surface area contributed by atoms with E-state index < -0.39 is 0 Å². The van der Waals surface area contributed by atoms with Crippen molar-refractivity contribution in [1.29, 1.82) is 0 Å². The molecule has 0 atom stereocenters. The molecule has 0 amide bonds. The molecule has 1 N–H and O–H groups in total. The van der Waals surface area contributed by atoms with Crippen molar-refractivity contribution >= 4 is 33.7 Å². The molecule has 0 aliphatic carbocycles. The van der Waals surface area contributed by atoms with Crippen molar-refractivity contribution in [2.45, 2.75) is 25.7 Å². The van der Waals surface area contributed by atoms with Crippen LogP contribution in [0.5, 0.6) is 17.2 Å². The van der Waals surface area contributed by atoms with E-state index in [4.69, 9.17) is 16.0 Å². The maximum absolute atomic E-state index is 12.3. The van der Waals surface area contributed by atoms with E-state index in [0.717, 1.165) is 41.9 Å². The van der Waals surface area contributed by atoms with Gasteiger partial charge in [-0.1, -0.05) is 12.1 Å². The summed E-state index contributed by atoms with van der Waals surface area (Å²) in [4.78, 5) is 24.7. The second-order valence-electron chi connectivity index (χ2n) is 8.83. The maximum atomic E-state index is 12.3. The second-order valence-corrected chi connectivity index (χ2v) is 9.81. The van der Waals surface area contributed by atoms with Crippen molar-refractivity contribution in [3.8, 4) is 17.2 Å².